The third-order valence-electron chi connectivity index (χ3n) is 5.62. The van der Waals surface area contributed by atoms with E-state index in [4.69, 9.17) is 11.6 Å². The summed E-state index contributed by atoms with van der Waals surface area (Å²) < 4.78 is 0. The van der Waals surface area contributed by atoms with Crippen LogP contribution in [0.25, 0.3) is 22.0 Å². The van der Waals surface area contributed by atoms with Gasteiger partial charge in [-0.15, -0.1) is 11.6 Å². The van der Waals surface area contributed by atoms with Crippen LogP contribution in [0.4, 0.5) is 11.4 Å². The number of rotatable bonds is 6. The van der Waals surface area contributed by atoms with Gasteiger partial charge in [-0.25, -0.2) is 5.10 Å². The average Bonchev–Trinajstić information content (AvgIpc) is 3.07. The molecule has 30 heavy (non-hydrogen) atoms. The van der Waals surface area contributed by atoms with Gasteiger partial charge in [0.2, 0.25) is 0 Å². The molecule has 6 nitrogen and oxygen atoms in total. The van der Waals surface area contributed by atoms with Gasteiger partial charge in [0.25, 0.3) is 5.56 Å². The first-order chi connectivity index (χ1) is 14.7. The van der Waals surface area contributed by atoms with Gasteiger partial charge in [-0.1, -0.05) is 37.1 Å². The van der Waals surface area contributed by atoms with Crippen LogP contribution in [0.1, 0.15) is 25.7 Å². The van der Waals surface area contributed by atoms with E-state index in [1.54, 1.807) is 6.07 Å². The van der Waals surface area contributed by atoms with Crippen LogP contribution in [0.15, 0.2) is 47.3 Å². The molecule has 1 fully saturated rings. The number of nitrogens with one attached hydrogen (secondary N) is 2. The Bertz CT molecular complexity index is 1060. The van der Waals surface area contributed by atoms with E-state index in [-0.39, 0.29) is 11.4 Å². The number of benzene rings is 2. The Kier molecular flexibility index (Phi) is 6.55. The standard InChI is InChI=1S/C23H27ClN4O2/c24-14-17(29)15-25-20-13-16(9-10-21(20)28-11-5-1-2-6-12-28)22-18-7-3-4-8-19(18)23(30)27-26-22/h3-4,7-10,13,17,25,29H,1-2,5-6,11-12,14-15H2,(H,27,30). The van der Waals surface area contributed by atoms with Crippen LogP contribution in [0.5, 0.6) is 0 Å². The van der Waals surface area contributed by atoms with Gasteiger partial charge in [-0.2, -0.15) is 5.10 Å². The number of halogens is 1. The largest absolute Gasteiger partial charge is 0.390 e. The highest BCUT2D eigenvalue weighted by molar-refractivity contribution is 6.18. The second kappa shape index (κ2) is 9.49. The lowest BCUT2D eigenvalue weighted by Gasteiger charge is -2.27. The number of hydrogen-bond donors (Lipinski definition) is 3. The Hall–Kier alpha value is -2.57. The van der Waals surface area contributed by atoms with Gasteiger partial charge in [0.15, 0.2) is 0 Å². The predicted octanol–water partition coefficient (Wildman–Crippen LogP) is 3.98. The molecule has 0 radical (unpaired) electrons. The lowest BCUT2D eigenvalue weighted by molar-refractivity contribution is 0.211. The zero-order chi connectivity index (χ0) is 20.9. The fraction of sp³-hybridized carbons (Fsp3) is 0.391. The van der Waals surface area contributed by atoms with E-state index in [1.807, 2.05) is 24.3 Å². The molecular formula is C23H27ClN4O2. The highest BCUT2D eigenvalue weighted by atomic mass is 35.5. The van der Waals surface area contributed by atoms with Gasteiger partial charge in [0, 0.05) is 30.6 Å². The number of hydrogen-bond acceptors (Lipinski definition) is 5. The van der Waals surface area contributed by atoms with Crippen molar-refractivity contribution in [1.82, 2.24) is 10.2 Å². The Labute approximate surface area is 180 Å². The monoisotopic (exact) mass is 426 g/mol. The molecule has 0 bridgehead atoms. The van der Waals surface area contributed by atoms with Crippen LogP contribution >= 0.6 is 11.6 Å². The number of aliphatic hydroxyl groups excluding tert-OH is 1. The van der Waals surface area contributed by atoms with Crippen LogP contribution in [-0.4, -0.2) is 46.9 Å². The van der Waals surface area contributed by atoms with Crippen molar-refractivity contribution in [2.45, 2.75) is 31.8 Å². The minimum Gasteiger partial charge on any atom is -0.390 e. The molecule has 4 rings (SSSR count). The van der Waals surface area contributed by atoms with Crippen LogP contribution in [0.3, 0.4) is 0 Å². The Morgan fingerprint density at radius 1 is 1.10 bits per heavy atom. The van der Waals surface area contributed by atoms with Crippen molar-refractivity contribution < 1.29 is 5.11 Å². The summed E-state index contributed by atoms with van der Waals surface area (Å²) in [5.74, 6) is 0.178. The second-order valence-electron chi connectivity index (χ2n) is 7.77. The fourth-order valence-corrected chi connectivity index (χ4v) is 4.14. The lowest BCUT2D eigenvalue weighted by Crippen LogP contribution is -2.26. The number of anilines is 2. The van der Waals surface area contributed by atoms with E-state index in [9.17, 15) is 9.90 Å². The number of H-pyrrole nitrogens is 1. The van der Waals surface area contributed by atoms with Crippen molar-refractivity contribution >= 4 is 33.7 Å². The molecule has 0 amide bonds. The molecule has 1 aliphatic rings. The summed E-state index contributed by atoms with van der Waals surface area (Å²) >= 11 is 5.79. The molecular weight excluding hydrogens is 400 g/mol. The molecule has 0 saturated carbocycles. The summed E-state index contributed by atoms with van der Waals surface area (Å²) in [6.07, 6.45) is 4.25. The molecule has 2 heterocycles. The number of fused-ring (bicyclic) bond motifs is 1. The van der Waals surface area contributed by atoms with E-state index >= 15 is 0 Å². The van der Waals surface area contributed by atoms with Gasteiger partial charge in [-0.3, -0.25) is 4.79 Å². The third kappa shape index (κ3) is 4.45. The van der Waals surface area contributed by atoms with Crippen molar-refractivity contribution in [3.63, 3.8) is 0 Å². The summed E-state index contributed by atoms with van der Waals surface area (Å²) in [5.41, 5.74) is 3.50. The third-order valence-corrected chi connectivity index (χ3v) is 5.98. The summed E-state index contributed by atoms with van der Waals surface area (Å²) in [4.78, 5) is 14.6. The molecule has 7 heteroatoms. The second-order valence-corrected chi connectivity index (χ2v) is 8.08. The first-order valence-corrected chi connectivity index (χ1v) is 11.1. The Morgan fingerprint density at radius 3 is 2.57 bits per heavy atom. The van der Waals surface area contributed by atoms with Gasteiger partial charge in [-0.05, 0) is 31.0 Å². The number of aromatic amines is 1. The summed E-state index contributed by atoms with van der Waals surface area (Å²) in [6, 6.07) is 13.7. The molecule has 2 aromatic carbocycles. The quantitative estimate of drug-likeness (QED) is 0.519. The van der Waals surface area contributed by atoms with Crippen molar-refractivity contribution in [1.29, 1.82) is 0 Å². The zero-order valence-corrected chi connectivity index (χ0v) is 17.7. The SMILES string of the molecule is O=c1[nH]nc(-c2ccc(N3CCCCCC3)c(NCC(O)CCl)c2)c2ccccc12. The summed E-state index contributed by atoms with van der Waals surface area (Å²) in [7, 11) is 0. The zero-order valence-electron chi connectivity index (χ0n) is 16.9. The first-order valence-electron chi connectivity index (χ1n) is 10.5. The number of nitrogens with zero attached hydrogens (tertiary/aromatic N) is 2. The molecule has 3 aromatic rings. The average molecular weight is 427 g/mol. The van der Waals surface area contributed by atoms with Crippen LogP contribution in [-0.2, 0) is 0 Å². The summed E-state index contributed by atoms with van der Waals surface area (Å²) in [5, 5.41) is 21.7. The van der Waals surface area contributed by atoms with Gasteiger partial charge < -0.3 is 15.3 Å². The number of alkyl halides is 1. The molecule has 3 N–H and O–H groups in total. The van der Waals surface area contributed by atoms with E-state index in [1.165, 1.54) is 25.7 Å². The van der Waals surface area contributed by atoms with Crippen molar-refractivity contribution in [2.24, 2.45) is 0 Å². The van der Waals surface area contributed by atoms with Gasteiger partial charge >= 0.3 is 0 Å². The van der Waals surface area contributed by atoms with E-state index in [2.05, 4.69) is 32.5 Å². The molecule has 1 unspecified atom stereocenters. The maximum absolute atomic E-state index is 12.2. The van der Waals surface area contributed by atoms with Crippen LogP contribution in [0.2, 0.25) is 0 Å². The first kappa shape index (κ1) is 20.7. The highest BCUT2D eigenvalue weighted by Gasteiger charge is 2.17. The normalized spacial score (nSPS) is 15.7. The van der Waals surface area contributed by atoms with E-state index < -0.39 is 6.10 Å². The van der Waals surface area contributed by atoms with Crippen LogP contribution < -0.4 is 15.8 Å². The maximum Gasteiger partial charge on any atom is 0.272 e. The minimum absolute atomic E-state index is 0.178. The van der Waals surface area contributed by atoms with E-state index in [0.29, 0.717) is 11.9 Å². The molecule has 1 atom stereocenters. The topological polar surface area (TPSA) is 81.2 Å². The smallest absolute Gasteiger partial charge is 0.272 e. The lowest BCUT2D eigenvalue weighted by atomic mass is 10.0. The maximum atomic E-state index is 12.2. The van der Waals surface area contributed by atoms with Gasteiger partial charge in [0.05, 0.1) is 34.4 Å². The van der Waals surface area contributed by atoms with Gasteiger partial charge in [0.1, 0.15) is 0 Å². The fourth-order valence-electron chi connectivity index (χ4n) is 4.03. The van der Waals surface area contributed by atoms with Crippen molar-refractivity contribution in [3.8, 4) is 11.3 Å². The molecule has 1 aliphatic heterocycles. The predicted molar refractivity (Wildman–Crippen MR) is 124 cm³/mol. The van der Waals surface area contributed by atoms with Crippen molar-refractivity contribution in [3.05, 3.63) is 52.8 Å². The summed E-state index contributed by atoms with van der Waals surface area (Å²) in [6.45, 7) is 2.41. The Balaban J connectivity index is 1.76. The highest BCUT2D eigenvalue weighted by Crippen LogP contribution is 2.34. The number of aromatic nitrogens is 2. The molecule has 158 valence electrons. The van der Waals surface area contributed by atoms with E-state index in [0.717, 1.165) is 41.1 Å². The number of aliphatic hydroxyl groups is 1. The molecule has 0 spiro atoms. The molecule has 1 aromatic heterocycles. The van der Waals surface area contributed by atoms with Crippen molar-refractivity contribution in [2.75, 3.05) is 35.7 Å². The molecule has 0 aliphatic carbocycles. The molecule has 1 saturated heterocycles. The van der Waals surface area contributed by atoms with Crippen LogP contribution in [0, 0.1) is 0 Å². The Morgan fingerprint density at radius 2 is 1.83 bits per heavy atom. The minimum atomic E-state index is -0.626.